The topological polar surface area (TPSA) is 60.2 Å². The Morgan fingerprint density at radius 3 is 2.33 bits per heavy atom. The van der Waals surface area contributed by atoms with Gasteiger partial charge in [0.25, 0.3) is 0 Å². The van der Waals surface area contributed by atoms with Gasteiger partial charge in [-0.05, 0) is 13.0 Å². The number of nitrogens with two attached hydrogens (primary N) is 1. The molecule has 3 nitrogen and oxygen atoms in total. The molecular formula is C10H14FNO2S. The van der Waals surface area contributed by atoms with Crippen LogP contribution in [0.15, 0.2) is 24.3 Å². The molecule has 0 saturated heterocycles. The average Bonchev–Trinajstić information content (AvgIpc) is 2.15. The maximum Gasteiger partial charge on any atom is 0.151 e. The third kappa shape index (κ3) is 2.76. The number of sulfone groups is 1. The van der Waals surface area contributed by atoms with Crippen LogP contribution < -0.4 is 5.73 Å². The van der Waals surface area contributed by atoms with Crippen molar-refractivity contribution in [1.82, 2.24) is 0 Å². The van der Waals surface area contributed by atoms with Crippen LogP contribution in [-0.2, 0) is 9.84 Å². The molecule has 0 amide bonds. The molecule has 84 valence electrons. The smallest absolute Gasteiger partial charge is 0.151 e. The number of halogens is 1. The van der Waals surface area contributed by atoms with Crippen LogP contribution in [0.3, 0.4) is 0 Å². The monoisotopic (exact) mass is 231 g/mol. The Kier molecular flexibility index (Phi) is 3.46. The fourth-order valence-electron chi connectivity index (χ4n) is 1.26. The van der Waals surface area contributed by atoms with Crippen molar-refractivity contribution in [2.45, 2.75) is 18.2 Å². The molecule has 2 atom stereocenters. The molecular weight excluding hydrogens is 217 g/mol. The highest BCUT2D eigenvalue weighted by Gasteiger charge is 2.25. The number of rotatable bonds is 3. The standard InChI is InChI=1S/C10H14FNO2S/c1-7(15(2,13)14)10(12)8-5-3-4-6-9(8)11/h3-7,10H,12H2,1-2H3/t7-,10-/m0/s1. The molecule has 0 aliphatic heterocycles. The van der Waals surface area contributed by atoms with Crippen molar-refractivity contribution >= 4 is 9.84 Å². The minimum absolute atomic E-state index is 0.232. The largest absolute Gasteiger partial charge is 0.323 e. The van der Waals surface area contributed by atoms with Gasteiger partial charge in [-0.2, -0.15) is 0 Å². The van der Waals surface area contributed by atoms with E-state index >= 15 is 0 Å². The maximum atomic E-state index is 13.3. The lowest BCUT2D eigenvalue weighted by Gasteiger charge is -2.18. The highest BCUT2D eigenvalue weighted by molar-refractivity contribution is 7.91. The summed E-state index contributed by atoms with van der Waals surface area (Å²) >= 11 is 0. The van der Waals surface area contributed by atoms with Gasteiger partial charge in [-0.3, -0.25) is 0 Å². The van der Waals surface area contributed by atoms with E-state index in [9.17, 15) is 12.8 Å². The van der Waals surface area contributed by atoms with Gasteiger partial charge < -0.3 is 5.73 Å². The van der Waals surface area contributed by atoms with Crippen LogP contribution in [-0.4, -0.2) is 19.9 Å². The Labute approximate surface area is 89.0 Å². The normalized spacial score (nSPS) is 16.0. The second-order valence-electron chi connectivity index (χ2n) is 3.58. The summed E-state index contributed by atoms with van der Waals surface area (Å²) < 4.78 is 35.8. The van der Waals surface area contributed by atoms with Crippen molar-refractivity contribution in [3.63, 3.8) is 0 Å². The zero-order valence-electron chi connectivity index (χ0n) is 8.64. The summed E-state index contributed by atoms with van der Waals surface area (Å²) in [6.45, 7) is 1.48. The van der Waals surface area contributed by atoms with E-state index in [1.165, 1.54) is 25.1 Å². The van der Waals surface area contributed by atoms with E-state index < -0.39 is 26.9 Å². The predicted octanol–water partition coefficient (Wildman–Crippen LogP) is 1.26. The fraction of sp³-hybridized carbons (Fsp3) is 0.400. The van der Waals surface area contributed by atoms with E-state index in [-0.39, 0.29) is 5.56 Å². The summed E-state index contributed by atoms with van der Waals surface area (Å²) in [5.74, 6) is -0.472. The first-order valence-corrected chi connectivity index (χ1v) is 6.48. The van der Waals surface area contributed by atoms with Crippen molar-refractivity contribution in [2.24, 2.45) is 5.73 Å². The lowest BCUT2D eigenvalue weighted by atomic mass is 10.0. The Morgan fingerprint density at radius 1 is 1.33 bits per heavy atom. The van der Waals surface area contributed by atoms with Gasteiger partial charge in [0.1, 0.15) is 5.82 Å². The molecule has 1 aromatic rings. The lowest BCUT2D eigenvalue weighted by Crippen LogP contribution is -2.31. The van der Waals surface area contributed by atoms with Crippen molar-refractivity contribution in [2.75, 3.05) is 6.26 Å². The van der Waals surface area contributed by atoms with Crippen molar-refractivity contribution in [3.8, 4) is 0 Å². The molecule has 0 aromatic heterocycles. The van der Waals surface area contributed by atoms with E-state index in [2.05, 4.69) is 0 Å². The van der Waals surface area contributed by atoms with Crippen LogP contribution >= 0.6 is 0 Å². The zero-order valence-corrected chi connectivity index (χ0v) is 9.46. The van der Waals surface area contributed by atoms with Gasteiger partial charge in [0.05, 0.1) is 5.25 Å². The van der Waals surface area contributed by atoms with Gasteiger partial charge in [0.15, 0.2) is 9.84 Å². The van der Waals surface area contributed by atoms with Gasteiger partial charge in [-0.25, -0.2) is 12.8 Å². The fourth-order valence-corrected chi connectivity index (χ4v) is 1.94. The lowest BCUT2D eigenvalue weighted by molar-refractivity contribution is 0.550. The van der Waals surface area contributed by atoms with Crippen LogP contribution in [0.5, 0.6) is 0 Å². The Hall–Kier alpha value is -0.940. The number of benzene rings is 1. The van der Waals surface area contributed by atoms with Gasteiger partial charge in [-0.1, -0.05) is 18.2 Å². The second-order valence-corrected chi connectivity index (χ2v) is 5.98. The molecule has 15 heavy (non-hydrogen) atoms. The Balaban J connectivity index is 3.06. The molecule has 0 spiro atoms. The van der Waals surface area contributed by atoms with Crippen LogP contribution in [0.4, 0.5) is 4.39 Å². The van der Waals surface area contributed by atoms with E-state index in [4.69, 9.17) is 5.73 Å². The average molecular weight is 231 g/mol. The van der Waals surface area contributed by atoms with Crippen LogP contribution in [0.1, 0.15) is 18.5 Å². The van der Waals surface area contributed by atoms with Gasteiger partial charge >= 0.3 is 0 Å². The highest BCUT2D eigenvalue weighted by Crippen LogP contribution is 2.21. The molecule has 0 unspecified atom stereocenters. The molecule has 0 radical (unpaired) electrons. The molecule has 2 N–H and O–H groups in total. The Bertz CT molecular complexity index is 444. The van der Waals surface area contributed by atoms with E-state index in [1.807, 2.05) is 0 Å². The summed E-state index contributed by atoms with van der Waals surface area (Å²) in [7, 11) is -3.26. The first-order chi connectivity index (χ1) is 6.84. The third-order valence-electron chi connectivity index (χ3n) is 2.45. The first-order valence-electron chi connectivity index (χ1n) is 4.53. The van der Waals surface area contributed by atoms with Crippen LogP contribution in [0, 0.1) is 5.82 Å². The SMILES string of the molecule is C[C@@H]([C@H](N)c1ccccc1F)S(C)(=O)=O. The van der Waals surface area contributed by atoms with E-state index in [1.54, 1.807) is 6.07 Å². The van der Waals surface area contributed by atoms with Gasteiger partial charge in [0, 0.05) is 17.9 Å². The predicted molar refractivity (Wildman–Crippen MR) is 57.6 cm³/mol. The first kappa shape index (κ1) is 12.1. The minimum Gasteiger partial charge on any atom is -0.323 e. The third-order valence-corrected chi connectivity index (χ3v) is 4.09. The van der Waals surface area contributed by atoms with Crippen molar-refractivity contribution < 1.29 is 12.8 Å². The van der Waals surface area contributed by atoms with Crippen LogP contribution in [0.2, 0.25) is 0 Å². The second kappa shape index (κ2) is 4.28. The summed E-state index contributed by atoms with van der Waals surface area (Å²) in [5.41, 5.74) is 5.94. The summed E-state index contributed by atoms with van der Waals surface area (Å²) in [5, 5.41) is -0.797. The van der Waals surface area contributed by atoms with E-state index in [0.717, 1.165) is 6.26 Å². The Morgan fingerprint density at radius 2 is 1.87 bits per heavy atom. The quantitative estimate of drug-likeness (QED) is 0.852. The molecule has 1 rings (SSSR count). The van der Waals surface area contributed by atoms with Crippen molar-refractivity contribution in [1.29, 1.82) is 0 Å². The molecule has 1 aromatic carbocycles. The molecule has 0 aliphatic rings. The number of hydrogen-bond donors (Lipinski definition) is 1. The number of hydrogen-bond acceptors (Lipinski definition) is 3. The minimum atomic E-state index is -3.26. The molecule has 0 saturated carbocycles. The maximum absolute atomic E-state index is 13.3. The van der Waals surface area contributed by atoms with E-state index in [0.29, 0.717) is 0 Å². The van der Waals surface area contributed by atoms with Gasteiger partial charge in [-0.15, -0.1) is 0 Å². The summed E-state index contributed by atoms with van der Waals surface area (Å²) in [6.07, 6.45) is 1.10. The summed E-state index contributed by atoms with van der Waals surface area (Å²) in [6, 6.07) is 5.11. The van der Waals surface area contributed by atoms with Crippen LogP contribution in [0.25, 0.3) is 0 Å². The molecule has 0 aliphatic carbocycles. The molecule has 5 heteroatoms. The summed E-state index contributed by atoms with van der Waals surface area (Å²) in [4.78, 5) is 0. The molecule has 0 bridgehead atoms. The highest BCUT2D eigenvalue weighted by atomic mass is 32.2. The molecule has 0 fully saturated rings. The zero-order chi connectivity index (χ0) is 11.6. The molecule has 0 heterocycles. The van der Waals surface area contributed by atoms with Crippen molar-refractivity contribution in [3.05, 3.63) is 35.6 Å². The van der Waals surface area contributed by atoms with Gasteiger partial charge in [0.2, 0.25) is 0 Å².